The van der Waals surface area contributed by atoms with Crippen LogP contribution < -0.4 is 5.32 Å². The van der Waals surface area contributed by atoms with Crippen molar-refractivity contribution in [2.75, 3.05) is 7.05 Å². The predicted molar refractivity (Wildman–Crippen MR) is 60.8 cm³/mol. The minimum atomic E-state index is -0.187. The fourth-order valence-corrected chi connectivity index (χ4v) is 1.71. The van der Waals surface area contributed by atoms with Gasteiger partial charge in [-0.15, -0.1) is 0 Å². The van der Waals surface area contributed by atoms with Gasteiger partial charge in [0, 0.05) is 13.2 Å². The third kappa shape index (κ3) is 1.63. The lowest BCUT2D eigenvalue weighted by atomic mass is 10.2. The molecule has 2 rings (SSSR count). The van der Waals surface area contributed by atoms with Gasteiger partial charge in [0.05, 0.1) is 16.9 Å². The normalized spacial score (nSPS) is 10.7. The van der Waals surface area contributed by atoms with E-state index >= 15 is 0 Å². The first-order valence-corrected chi connectivity index (χ1v) is 5.29. The molecule has 16 heavy (non-hydrogen) atoms. The third-order valence-electron chi connectivity index (χ3n) is 2.30. The number of carbonyl (C=O) groups excluding carboxylic acids is 1. The van der Waals surface area contributed by atoms with Gasteiger partial charge >= 0.3 is 0 Å². The number of nitrogens with zero attached hydrogens (tertiary/aromatic N) is 3. The summed E-state index contributed by atoms with van der Waals surface area (Å²) in [6, 6.07) is 0. The van der Waals surface area contributed by atoms with Crippen LogP contribution in [0.4, 0.5) is 0 Å². The Bertz CT molecular complexity index is 549. The van der Waals surface area contributed by atoms with Crippen LogP contribution in [0.1, 0.15) is 23.1 Å². The van der Waals surface area contributed by atoms with Crippen LogP contribution in [0.25, 0.3) is 5.78 Å². The van der Waals surface area contributed by atoms with Gasteiger partial charge in [-0.3, -0.25) is 9.20 Å². The predicted octanol–water partition coefficient (Wildman–Crippen LogP) is 1.30. The van der Waals surface area contributed by atoms with Crippen molar-refractivity contribution in [2.24, 2.45) is 0 Å². The first-order valence-electron chi connectivity index (χ1n) is 4.92. The number of fused-ring (bicyclic) bond motifs is 1. The fourth-order valence-electron chi connectivity index (χ4n) is 1.56. The zero-order valence-corrected chi connectivity index (χ0v) is 9.75. The first-order chi connectivity index (χ1) is 7.67. The Morgan fingerprint density at radius 1 is 1.62 bits per heavy atom. The van der Waals surface area contributed by atoms with Gasteiger partial charge in [0.25, 0.3) is 5.91 Å². The van der Waals surface area contributed by atoms with Crippen molar-refractivity contribution in [1.82, 2.24) is 19.7 Å². The topological polar surface area (TPSA) is 59.3 Å². The number of carbonyl (C=O) groups is 1. The summed E-state index contributed by atoms with van der Waals surface area (Å²) in [4.78, 5) is 20.1. The van der Waals surface area contributed by atoms with E-state index in [2.05, 4.69) is 15.3 Å². The monoisotopic (exact) mass is 238 g/mol. The van der Waals surface area contributed by atoms with E-state index < -0.39 is 0 Å². The molecule has 0 aliphatic rings. The van der Waals surface area contributed by atoms with E-state index in [1.165, 1.54) is 6.20 Å². The molecule has 1 N–H and O–H groups in total. The standard InChI is InChI=1S/C10H11ClN4O/c1-3-7-8(9(16)12-2)15-5-6(11)4-13-10(15)14-7/h4-5H,3H2,1-2H3,(H,12,16). The second-order valence-electron chi connectivity index (χ2n) is 3.28. The quantitative estimate of drug-likeness (QED) is 0.858. The molecular weight excluding hydrogens is 228 g/mol. The summed E-state index contributed by atoms with van der Waals surface area (Å²) < 4.78 is 1.61. The van der Waals surface area contributed by atoms with Gasteiger partial charge in [-0.2, -0.15) is 0 Å². The maximum Gasteiger partial charge on any atom is 0.270 e. The van der Waals surface area contributed by atoms with Crippen LogP contribution in [0.5, 0.6) is 0 Å². The molecule has 0 spiro atoms. The summed E-state index contributed by atoms with van der Waals surface area (Å²) in [6.07, 6.45) is 3.82. The van der Waals surface area contributed by atoms with E-state index in [1.807, 2.05) is 6.92 Å². The van der Waals surface area contributed by atoms with Crippen molar-refractivity contribution >= 4 is 23.3 Å². The Kier molecular flexibility index (Phi) is 2.78. The molecule has 0 fully saturated rings. The van der Waals surface area contributed by atoms with Gasteiger partial charge in [-0.1, -0.05) is 18.5 Å². The molecule has 0 saturated heterocycles. The van der Waals surface area contributed by atoms with Crippen LogP contribution in [0.2, 0.25) is 5.02 Å². The Hall–Kier alpha value is -1.62. The second-order valence-corrected chi connectivity index (χ2v) is 3.72. The van der Waals surface area contributed by atoms with Crippen molar-refractivity contribution in [2.45, 2.75) is 13.3 Å². The molecule has 0 radical (unpaired) electrons. The molecule has 0 bridgehead atoms. The van der Waals surface area contributed by atoms with Gasteiger partial charge in [-0.25, -0.2) is 9.97 Å². The lowest BCUT2D eigenvalue weighted by Crippen LogP contribution is -2.21. The lowest BCUT2D eigenvalue weighted by molar-refractivity contribution is 0.0956. The van der Waals surface area contributed by atoms with E-state index in [0.717, 1.165) is 0 Å². The number of hydrogen-bond acceptors (Lipinski definition) is 3. The summed E-state index contributed by atoms with van der Waals surface area (Å²) in [6.45, 7) is 1.94. The summed E-state index contributed by atoms with van der Waals surface area (Å²) in [7, 11) is 1.58. The molecule has 0 aliphatic heterocycles. The maximum atomic E-state index is 11.7. The van der Waals surface area contributed by atoms with Gasteiger partial charge in [-0.05, 0) is 6.42 Å². The van der Waals surface area contributed by atoms with Gasteiger partial charge < -0.3 is 5.32 Å². The molecule has 84 valence electrons. The Morgan fingerprint density at radius 2 is 2.38 bits per heavy atom. The van der Waals surface area contributed by atoms with Crippen LogP contribution >= 0.6 is 11.6 Å². The summed E-state index contributed by atoms with van der Waals surface area (Å²) >= 11 is 5.85. The summed E-state index contributed by atoms with van der Waals surface area (Å²) in [5.41, 5.74) is 1.21. The summed E-state index contributed by atoms with van der Waals surface area (Å²) in [5, 5.41) is 3.05. The minimum Gasteiger partial charge on any atom is -0.354 e. The largest absolute Gasteiger partial charge is 0.354 e. The van der Waals surface area contributed by atoms with Crippen molar-refractivity contribution < 1.29 is 4.79 Å². The first kappa shape index (κ1) is 10.9. The van der Waals surface area contributed by atoms with Crippen LogP contribution in [-0.2, 0) is 6.42 Å². The van der Waals surface area contributed by atoms with Crippen molar-refractivity contribution in [3.63, 3.8) is 0 Å². The number of amides is 1. The van der Waals surface area contributed by atoms with E-state index in [0.29, 0.717) is 28.6 Å². The molecule has 5 nitrogen and oxygen atoms in total. The van der Waals surface area contributed by atoms with Crippen LogP contribution in [0.3, 0.4) is 0 Å². The van der Waals surface area contributed by atoms with E-state index in [-0.39, 0.29) is 5.91 Å². The van der Waals surface area contributed by atoms with Gasteiger partial charge in [0.15, 0.2) is 0 Å². The second kappa shape index (κ2) is 4.09. The van der Waals surface area contributed by atoms with Gasteiger partial charge in [0.1, 0.15) is 5.69 Å². The fraction of sp³-hybridized carbons (Fsp3) is 0.300. The molecule has 0 aliphatic carbocycles. The van der Waals surface area contributed by atoms with E-state index in [4.69, 9.17) is 11.6 Å². The molecule has 1 amide bonds. The molecule has 0 aromatic carbocycles. The highest BCUT2D eigenvalue weighted by Gasteiger charge is 2.17. The molecule has 2 aromatic heterocycles. The molecule has 0 atom stereocenters. The smallest absolute Gasteiger partial charge is 0.270 e. The van der Waals surface area contributed by atoms with Gasteiger partial charge in [0.2, 0.25) is 5.78 Å². The Labute approximate surface area is 97.5 Å². The van der Waals surface area contributed by atoms with Crippen LogP contribution in [0, 0.1) is 0 Å². The highest BCUT2D eigenvalue weighted by Crippen LogP contribution is 2.15. The number of imidazole rings is 1. The zero-order valence-electron chi connectivity index (χ0n) is 8.99. The number of hydrogen-bond donors (Lipinski definition) is 1. The number of aromatic nitrogens is 3. The SMILES string of the molecule is CCc1nc2ncc(Cl)cn2c1C(=O)NC. The minimum absolute atomic E-state index is 0.187. The van der Waals surface area contributed by atoms with Crippen molar-refractivity contribution in [3.8, 4) is 0 Å². The van der Waals surface area contributed by atoms with Crippen LogP contribution in [-0.4, -0.2) is 27.3 Å². The molecule has 2 heterocycles. The molecule has 2 aromatic rings. The average molecular weight is 239 g/mol. The molecular formula is C10H11ClN4O. The number of halogens is 1. The third-order valence-corrected chi connectivity index (χ3v) is 2.49. The Morgan fingerprint density at radius 3 is 3.00 bits per heavy atom. The van der Waals surface area contributed by atoms with E-state index in [9.17, 15) is 4.79 Å². The number of rotatable bonds is 2. The van der Waals surface area contributed by atoms with Crippen molar-refractivity contribution in [3.05, 3.63) is 28.8 Å². The number of aryl methyl sites for hydroxylation is 1. The average Bonchev–Trinajstić information content (AvgIpc) is 2.65. The Balaban J connectivity index is 2.75. The van der Waals surface area contributed by atoms with Crippen LogP contribution in [0.15, 0.2) is 12.4 Å². The zero-order chi connectivity index (χ0) is 11.7. The molecule has 0 saturated carbocycles. The highest BCUT2D eigenvalue weighted by molar-refractivity contribution is 6.30. The lowest BCUT2D eigenvalue weighted by Gasteiger charge is -2.01. The molecule has 6 heteroatoms. The van der Waals surface area contributed by atoms with E-state index in [1.54, 1.807) is 17.6 Å². The highest BCUT2D eigenvalue weighted by atomic mass is 35.5. The maximum absolute atomic E-state index is 11.7. The molecule has 0 unspecified atom stereocenters. The summed E-state index contributed by atoms with van der Waals surface area (Å²) in [5.74, 6) is 0.299. The number of nitrogens with one attached hydrogen (secondary N) is 1. The van der Waals surface area contributed by atoms with Crippen molar-refractivity contribution in [1.29, 1.82) is 0 Å².